The monoisotopic (exact) mass is 340 g/mol. The van der Waals surface area contributed by atoms with Crippen LogP contribution >= 0.6 is 0 Å². The van der Waals surface area contributed by atoms with E-state index in [4.69, 9.17) is 4.74 Å². The molecular weight excluding hydrogens is 316 g/mol. The number of H-pyrrole nitrogens is 1. The molecule has 6 nitrogen and oxygen atoms in total. The number of ether oxygens (including phenoxy) is 1. The van der Waals surface area contributed by atoms with E-state index in [2.05, 4.69) is 39.1 Å². The Bertz CT molecular complexity index is 730. The van der Waals surface area contributed by atoms with Gasteiger partial charge >= 0.3 is 0 Å². The number of morpholine rings is 1. The molecule has 2 aliphatic heterocycles. The molecule has 0 bridgehead atoms. The van der Waals surface area contributed by atoms with Crippen LogP contribution < -0.4 is 0 Å². The molecule has 1 aromatic carbocycles. The average Bonchev–Trinajstić information content (AvgIpc) is 3.29. The van der Waals surface area contributed by atoms with Crippen molar-refractivity contribution in [2.24, 2.45) is 0 Å². The summed E-state index contributed by atoms with van der Waals surface area (Å²) in [7, 11) is 0. The van der Waals surface area contributed by atoms with E-state index in [0.29, 0.717) is 18.8 Å². The van der Waals surface area contributed by atoms with Crippen molar-refractivity contribution in [1.29, 1.82) is 0 Å². The molecule has 2 aromatic rings. The minimum atomic E-state index is 0.0184. The maximum absolute atomic E-state index is 12.8. The first-order valence-corrected chi connectivity index (χ1v) is 8.97. The summed E-state index contributed by atoms with van der Waals surface area (Å²) < 4.78 is 5.95. The Hall–Kier alpha value is -2.18. The summed E-state index contributed by atoms with van der Waals surface area (Å²) in [5.41, 5.74) is 1.87. The van der Waals surface area contributed by atoms with Crippen molar-refractivity contribution >= 4 is 5.91 Å². The third-order valence-corrected chi connectivity index (χ3v) is 5.13. The Morgan fingerprint density at radius 1 is 1.32 bits per heavy atom. The van der Waals surface area contributed by atoms with Crippen LogP contribution in [0.25, 0.3) is 0 Å². The van der Waals surface area contributed by atoms with Crippen LogP contribution in [0.5, 0.6) is 0 Å². The van der Waals surface area contributed by atoms with Crippen LogP contribution in [-0.4, -0.2) is 64.1 Å². The van der Waals surface area contributed by atoms with Crippen LogP contribution in [0.4, 0.5) is 0 Å². The molecule has 0 radical (unpaired) electrons. The normalized spacial score (nSPS) is 23.6. The summed E-state index contributed by atoms with van der Waals surface area (Å²) in [6.07, 6.45) is 2.54. The quantitative estimate of drug-likeness (QED) is 0.920. The van der Waals surface area contributed by atoms with E-state index in [-0.39, 0.29) is 18.1 Å². The van der Waals surface area contributed by atoms with Gasteiger partial charge in [-0.15, -0.1) is 0 Å². The molecule has 2 atom stereocenters. The van der Waals surface area contributed by atoms with Gasteiger partial charge in [0.05, 0.1) is 24.9 Å². The summed E-state index contributed by atoms with van der Waals surface area (Å²) in [6, 6.07) is 10.7. The first-order chi connectivity index (χ1) is 12.2. The predicted molar refractivity (Wildman–Crippen MR) is 94.2 cm³/mol. The van der Waals surface area contributed by atoms with Crippen LogP contribution in [0, 0.1) is 0 Å². The second-order valence-corrected chi connectivity index (χ2v) is 6.74. The Labute approximate surface area is 147 Å². The standard InChI is InChI=1S/C19H24N4O2/c1-2-18-20-10-15(21-18)19(24)23-12-16-17(13-23)25-9-8-22(16)11-14-6-4-3-5-7-14/h3-7,10,16-17H,2,8-9,11-13H2,1H3,(H,20,21)/t16-,17+/m1/s1. The maximum atomic E-state index is 12.8. The fraction of sp³-hybridized carbons (Fsp3) is 0.474. The van der Waals surface area contributed by atoms with Gasteiger partial charge in [0.2, 0.25) is 0 Å². The van der Waals surface area contributed by atoms with Crippen molar-refractivity contribution in [1.82, 2.24) is 19.8 Å². The highest BCUT2D eigenvalue weighted by Gasteiger charge is 2.42. The lowest BCUT2D eigenvalue weighted by Gasteiger charge is -2.36. The number of likely N-dealkylation sites (tertiary alicyclic amines) is 1. The SMILES string of the molecule is CCc1ncc(C(=O)N2C[C@@H]3OCCN(Cc4ccccc4)[C@@H]3C2)[nH]1. The van der Waals surface area contributed by atoms with Crippen LogP contribution in [0.3, 0.4) is 0 Å². The van der Waals surface area contributed by atoms with Gasteiger partial charge in [-0.05, 0) is 5.56 Å². The zero-order valence-corrected chi connectivity index (χ0v) is 14.5. The second kappa shape index (κ2) is 6.98. The van der Waals surface area contributed by atoms with Crippen LogP contribution in [0.15, 0.2) is 36.5 Å². The predicted octanol–water partition coefficient (Wildman–Crippen LogP) is 1.70. The highest BCUT2D eigenvalue weighted by atomic mass is 16.5. The molecule has 1 aromatic heterocycles. The van der Waals surface area contributed by atoms with E-state index < -0.39 is 0 Å². The van der Waals surface area contributed by atoms with Crippen molar-refractivity contribution in [3.05, 3.63) is 53.6 Å². The fourth-order valence-electron chi connectivity index (χ4n) is 3.76. The number of aromatic amines is 1. The first-order valence-electron chi connectivity index (χ1n) is 8.97. The second-order valence-electron chi connectivity index (χ2n) is 6.74. The lowest BCUT2D eigenvalue weighted by Crippen LogP contribution is -2.50. The smallest absolute Gasteiger partial charge is 0.272 e. The van der Waals surface area contributed by atoms with Gasteiger partial charge in [0.15, 0.2) is 0 Å². The zero-order chi connectivity index (χ0) is 17.2. The van der Waals surface area contributed by atoms with Gasteiger partial charge in [0, 0.05) is 32.6 Å². The van der Waals surface area contributed by atoms with E-state index in [1.807, 2.05) is 17.9 Å². The number of benzene rings is 1. The molecule has 25 heavy (non-hydrogen) atoms. The molecular formula is C19H24N4O2. The molecule has 3 heterocycles. The maximum Gasteiger partial charge on any atom is 0.272 e. The molecule has 0 aliphatic carbocycles. The largest absolute Gasteiger partial charge is 0.373 e. The Balaban J connectivity index is 1.46. The molecule has 2 saturated heterocycles. The lowest BCUT2D eigenvalue weighted by atomic mass is 10.1. The summed E-state index contributed by atoms with van der Waals surface area (Å²) in [5, 5.41) is 0. The molecule has 1 amide bonds. The highest BCUT2D eigenvalue weighted by Crippen LogP contribution is 2.25. The number of carbonyl (C=O) groups is 1. The van der Waals surface area contributed by atoms with Crippen molar-refractivity contribution in [2.75, 3.05) is 26.2 Å². The lowest BCUT2D eigenvalue weighted by molar-refractivity contribution is -0.0503. The highest BCUT2D eigenvalue weighted by molar-refractivity contribution is 5.92. The number of amides is 1. The molecule has 0 spiro atoms. The topological polar surface area (TPSA) is 61.5 Å². The van der Waals surface area contributed by atoms with Gasteiger partial charge in [0.1, 0.15) is 11.5 Å². The van der Waals surface area contributed by atoms with Crippen molar-refractivity contribution < 1.29 is 9.53 Å². The Kier molecular flexibility index (Phi) is 4.55. The summed E-state index contributed by atoms with van der Waals surface area (Å²) in [5.74, 6) is 0.867. The number of imidazole rings is 1. The first kappa shape index (κ1) is 16.3. The molecule has 1 N–H and O–H groups in total. The van der Waals surface area contributed by atoms with Crippen LogP contribution in [0.1, 0.15) is 28.8 Å². The van der Waals surface area contributed by atoms with Crippen molar-refractivity contribution in [3.63, 3.8) is 0 Å². The minimum absolute atomic E-state index is 0.0184. The van der Waals surface area contributed by atoms with Crippen LogP contribution in [0.2, 0.25) is 0 Å². The number of nitrogens with one attached hydrogen (secondary N) is 1. The van der Waals surface area contributed by atoms with Gasteiger partial charge in [-0.2, -0.15) is 0 Å². The molecule has 2 fully saturated rings. The van der Waals surface area contributed by atoms with Gasteiger partial charge in [0.25, 0.3) is 5.91 Å². The number of nitrogens with zero attached hydrogens (tertiary/aromatic N) is 3. The van der Waals surface area contributed by atoms with E-state index in [9.17, 15) is 4.79 Å². The van der Waals surface area contributed by atoms with Crippen LogP contribution in [-0.2, 0) is 17.7 Å². The molecule has 2 aliphatic rings. The number of fused-ring (bicyclic) bond motifs is 1. The number of aromatic nitrogens is 2. The van der Waals surface area contributed by atoms with Crippen molar-refractivity contribution in [2.45, 2.75) is 32.0 Å². The number of hydrogen-bond donors (Lipinski definition) is 1. The summed E-state index contributed by atoms with van der Waals surface area (Å²) in [6.45, 7) is 5.90. The van der Waals surface area contributed by atoms with E-state index in [1.165, 1.54) is 5.56 Å². The zero-order valence-electron chi connectivity index (χ0n) is 14.5. The van der Waals surface area contributed by atoms with E-state index in [0.717, 1.165) is 31.9 Å². The number of carbonyl (C=O) groups excluding carboxylic acids is 1. The van der Waals surface area contributed by atoms with Crippen molar-refractivity contribution in [3.8, 4) is 0 Å². The van der Waals surface area contributed by atoms with E-state index in [1.54, 1.807) is 6.20 Å². The molecule has 0 saturated carbocycles. The average molecular weight is 340 g/mol. The molecule has 4 rings (SSSR count). The molecule has 0 unspecified atom stereocenters. The van der Waals surface area contributed by atoms with Gasteiger partial charge in [-0.3, -0.25) is 9.69 Å². The fourth-order valence-corrected chi connectivity index (χ4v) is 3.76. The summed E-state index contributed by atoms with van der Waals surface area (Å²) >= 11 is 0. The summed E-state index contributed by atoms with van der Waals surface area (Å²) in [4.78, 5) is 24.5. The third kappa shape index (κ3) is 3.32. The van der Waals surface area contributed by atoms with E-state index >= 15 is 0 Å². The molecule has 6 heteroatoms. The Morgan fingerprint density at radius 2 is 2.16 bits per heavy atom. The molecule has 132 valence electrons. The number of aryl methyl sites for hydroxylation is 1. The van der Waals surface area contributed by atoms with Gasteiger partial charge < -0.3 is 14.6 Å². The number of hydrogen-bond acceptors (Lipinski definition) is 4. The Morgan fingerprint density at radius 3 is 2.92 bits per heavy atom. The van der Waals surface area contributed by atoms with Gasteiger partial charge in [-0.1, -0.05) is 37.3 Å². The number of rotatable bonds is 4. The third-order valence-electron chi connectivity index (χ3n) is 5.13. The minimum Gasteiger partial charge on any atom is -0.373 e. The van der Waals surface area contributed by atoms with Gasteiger partial charge in [-0.25, -0.2) is 4.98 Å².